The molecule has 0 spiro atoms. The number of hydrogen-bond donors (Lipinski definition) is 0. The molecule has 0 bridgehead atoms. The van der Waals surface area contributed by atoms with Crippen molar-refractivity contribution in [1.29, 1.82) is 5.26 Å². The summed E-state index contributed by atoms with van der Waals surface area (Å²) in [4.78, 5) is 27.0. The third-order valence-electron chi connectivity index (χ3n) is 6.40. The lowest BCUT2D eigenvalue weighted by atomic mass is 9.71. The van der Waals surface area contributed by atoms with Gasteiger partial charge in [-0.15, -0.1) is 0 Å². The van der Waals surface area contributed by atoms with Crippen LogP contribution in [0.25, 0.3) is 11.6 Å². The standard InChI is InChI=1S/C30H27NO3/c1-2-3-18-34-29(33)30(21-31)26(19-22-12-6-4-7-13-22)24-16-10-11-17-25(24)27(30)20-28(32)23-14-8-5-9-15-23/h4-17,19,27H,2-3,18,20H2,1H3/b26-19+. The molecule has 0 heterocycles. The van der Waals surface area contributed by atoms with Crippen LogP contribution in [0.4, 0.5) is 0 Å². The Morgan fingerprint density at radius 1 is 0.971 bits per heavy atom. The number of nitrogens with zero attached hydrogens (tertiary/aromatic N) is 1. The van der Waals surface area contributed by atoms with Crippen molar-refractivity contribution < 1.29 is 14.3 Å². The summed E-state index contributed by atoms with van der Waals surface area (Å²) in [7, 11) is 0. The molecule has 0 fully saturated rings. The zero-order chi connectivity index (χ0) is 24.0. The Balaban J connectivity index is 1.86. The van der Waals surface area contributed by atoms with Gasteiger partial charge in [-0.25, -0.2) is 4.79 Å². The highest BCUT2D eigenvalue weighted by atomic mass is 16.5. The molecule has 0 radical (unpaired) electrons. The maximum atomic E-state index is 13.7. The Morgan fingerprint density at radius 2 is 1.62 bits per heavy atom. The van der Waals surface area contributed by atoms with Crippen LogP contribution in [0.15, 0.2) is 84.9 Å². The molecule has 1 aliphatic carbocycles. The van der Waals surface area contributed by atoms with Gasteiger partial charge in [-0.2, -0.15) is 5.26 Å². The smallest absolute Gasteiger partial charge is 0.331 e. The number of Topliss-reactive ketones (excluding diaryl/α,β-unsaturated/α-hetero) is 1. The highest BCUT2D eigenvalue weighted by Crippen LogP contribution is 2.57. The number of rotatable bonds is 8. The van der Waals surface area contributed by atoms with E-state index in [-0.39, 0.29) is 18.8 Å². The van der Waals surface area contributed by atoms with Crippen LogP contribution in [0, 0.1) is 16.7 Å². The molecule has 0 saturated carbocycles. The molecule has 0 amide bonds. The summed E-state index contributed by atoms with van der Waals surface area (Å²) in [5, 5.41) is 10.6. The molecule has 0 N–H and O–H groups in total. The van der Waals surface area contributed by atoms with Crippen LogP contribution in [0.2, 0.25) is 0 Å². The highest BCUT2D eigenvalue weighted by Gasteiger charge is 2.57. The Bertz CT molecular complexity index is 1240. The molecule has 2 atom stereocenters. The fraction of sp³-hybridized carbons (Fsp3) is 0.233. The van der Waals surface area contributed by atoms with E-state index in [1.54, 1.807) is 12.1 Å². The number of unbranched alkanes of at least 4 members (excludes halogenated alkanes) is 1. The van der Waals surface area contributed by atoms with E-state index in [0.29, 0.717) is 17.6 Å². The van der Waals surface area contributed by atoms with Gasteiger partial charge in [0.25, 0.3) is 0 Å². The molecular formula is C30H27NO3. The van der Waals surface area contributed by atoms with E-state index in [0.717, 1.165) is 23.1 Å². The first-order chi connectivity index (χ1) is 16.6. The summed E-state index contributed by atoms with van der Waals surface area (Å²) in [6, 6.07) is 28.6. The van der Waals surface area contributed by atoms with E-state index in [2.05, 4.69) is 6.07 Å². The molecule has 3 aromatic rings. The van der Waals surface area contributed by atoms with Gasteiger partial charge in [-0.3, -0.25) is 4.79 Å². The molecule has 170 valence electrons. The lowest BCUT2D eigenvalue weighted by Crippen LogP contribution is -2.36. The summed E-state index contributed by atoms with van der Waals surface area (Å²) in [5.74, 6) is -1.35. The first-order valence-electron chi connectivity index (χ1n) is 11.6. The second-order valence-electron chi connectivity index (χ2n) is 8.51. The Morgan fingerprint density at radius 3 is 2.29 bits per heavy atom. The fourth-order valence-corrected chi connectivity index (χ4v) is 4.64. The van der Waals surface area contributed by atoms with Crippen molar-refractivity contribution in [2.45, 2.75) is 32.1 Å². The van der Waals surface area contributed by atoms with Gasteiger partial charge >= 0.3 is 5.97 Å². The largest absolute Gasteiger partial charge is 0.464 e. The van der Waals surface area contributed by atoms with Gasteiger partial charge in [-0.05, 0) is 34.8 Å². The Kier molecular flexibility index (Phi) is 7.04. The van der Waals surface area contributed by atoms with Gasteiger partial charge in [0.15, 0.2) is 11.2 Å². The molecular weight excluding hydrogens is 422 g/mol. The molecule has 0 aromatic heterocycles. The van der Waals surface area contributed by atoms with Gasteiger partial charge < -0.3 is 4.74 Å². The first-order valence-corrected chi connectivity index (χ1v) is 11.6. The number of carbonyl (C=O) groups is 2. The predicted octanol–water partition coefficient (Wildman–Crippen LogP) is 6.45. The van der Waals surface area contributed by atoms with Crippen LogP contribution >= 0.6 is 0 Å². The topological polar surface area (TPSA) is 67.2 Å². The molecule has 0 aliphatic heterocycles. The van der Waals surface area contributed by atoms with Gasteiger partial charge in [0.05, 0.1) is 12.7 Å². The number of ether oxygens (including phenoxy) is 1. The SMILES string of the molecule is CCCCOC(=O)C1(C#N)/C(=C/c2ccccc2)c2ccccc2C1CC(=O)c1ccccc1. The molecule has 4 nitrogen and oxygen atoms in total. The van der Waals surface area contributed by atoms with Gasteiger partial charge in [0, 0.05) is 17.9 Å². The van der Waals surface area contributed by atoms with Gasteiger partial charge in [0.1, 0.15) is 0 Å². The Labute approximate surface area is 200 Å². The third-order valence-corrected chi connectivity index (χ3v) is 6.40. The number of fused-ring (bicyclic) bond motifs is 1. The maximum absolute atomic E-state index is 13.7. The summed E-state index contributed by atoms with van der Waals surface area (Å²) in [6.45, 7) is 2.26. The summed E-state index contributed by atoms with van der Waals surface area (Å²) >= 11 is 0. The third kappa shape index (κ3) is 4.30. The quantitative estimate of drug-likeness (QED) is 0.225. The van der Waals surface area contributed by atoms with E-state index in [9.17, 15) is 14.9 Å². The Hall–Kier alpha value is -3.97. The van der Waals surface area contributed by atoms with E-state index in [1.165, 1.54) is 0 Å². The van der Waals surface area contributed by atoms with Crippen molar-refractivity contribution in [2.75, 3.05) is 6.61 Å². The minimum atomic E-state index is -1.61. The highest BCUT2D eigenvalue weighted by molar-refractivity contribution is 6.07. The van der Waals surface area contributed by atoms with Crippen LogP contribution in [-0.2, 0) is 9.53 Å². The van der Waals surface area contributed by atoms with Gasteiger partial charge in [-0.1, -0.05) is 98.3 Å². The first kappa shape index (κ1) is 23.2. The van der Waals surface area contributed by atoms with Gasteiger partial charge in [0.2, 0.25) is 0 Å². The average Bonchev–Trinajstić information content (AvgIpc) is 3.14. The number of esters is 1. The maximum Gasteiger partial charge on any atom is 0.331 e. The number of ketones is 1. The molecule has 4 rings (SSSR count). The van der Waals surface area contributed by atoms with E-state index < -0.39 is 17.3 Å². The van der Waals surface area contributed by atoms with Crippen molar-refractivity contribution in [3.63, 3.8) is 0 Å². The molecule has 1 aliphatic rings. The summed E-state index contributed by atoms with van der Waals surface area (Å²) < 4.78 is 5.66. The predicted molar refractivity (Wildman–Crippen MR) is 133 cm³/mol. The molecule has 4 heteroatoms. The van der Waals surface area contributed by atoms with Crippen LogP contribution in [0.3, 0.4) is 0 Å². The van der Waals surface area contributed by atoms with Crippen molar-refractivity contribution >= 4 is 23.4 Å². The second-order valence-corrected chi connectivity index (χ2v) is 8.51. The van der Waals surface area contributed by atoms with Crippen molar-refractivity contribution in [3.05, 3.63) is 107 Å². The summed E-state index contributed by atoms with van der Waals surface area (Å²) in [5.41, 5.74) is 2.05. The van der Waals surface area contributed by atoms with Crippen molar-refractivity contribution in [3.8, 4) is 6.07 Å². The van der Waals surface area contributed by atoms with Crippen molar-refractivity contribution in [1.82, 2.24) is 0 Å². The average molecular weight is 450 g/mol. The van der Waals surface area contributed by atoms with E-state index in [4.69, 9.17) is 4.74 Å². The van der Waals surface area contributed by atoms with Crippen LogP contribution in [0.1, 0.15) is 59.2 Å². The number of benzene rings is 3. The lowest BCUT2D eigenvalue weighted by Gasteiger charge is -2.28. The molecule has 34 heavy (non-hydrogen) atoms. The van der Waals surface area contributed by atoms with Crippen molar-refractivity contribution in [2.24, 2.45) is 5.41 Å². The van der Waals surface area contributed by atoms with Crippen LogP contribution in [-0.4, -0.2) is 18.4 Å². The molecule has 0 saturated heterocycles. The zero-order valence-electron chi connectivity index (χ0n) is 19.2. The second kappa shape index (κ2) is 10.3. The minimum absolute atomic E-state index is 0.0313. The molecule has 2 unspecified atom stereocenters. The number of hydrogen-bond acceptors (Lipinski definition) is 4. The monoisotopic (exact) mass is 449 g/mol. The van der Waals surface area contributed by atoms with E-state index >= 15 is 0 Å². The lowest BCUT2D eigenvalue weighted by molar-refractivity contribution is -0.150. The summed E-state index contributed by atoms with van der Waals surface area (Å²) in [6.07, 6.45) is 3.50. The minimum Gasteiger partial charge on any atom is -0.464 e. The zero-order valence-corrected chi connectivity index (χ0v) is 19.2. The van der Waals surface area contributed by atoms with Crippen LogP contribution < -0.4 is 0 Å². The van der Waals surface area contributed by atoms with E-state index in [1.807, 2.05) is 85.8 Å². The van der Waals surface area contributed by atoms with Crippen LogP contribution in [0.5, 0.6) is 0 Å². The number of nitriles is 1. The fourth-order valence-electron chi connectivity index (χ4n) is 4.64. The number of carbonyl (C=O) groups excluding carboxylic acids is 2. The molecule has 3 aromatic carbocycles. The normalized spacial score (nSPS) is 19.9.